The first kappa shape index (κ1) is 13.4. The highest BCUT2D eigenvalue weighted by molar-refractivity contribution is 6.00. The van der Waals surface area contributed by atoms with Crippen molar-refractivity contribution in [3.63, 3.8) is 0 Å². The van der Waals surface area contributed by atoms with Crippen molar-refractivity contribution < 1.29 is 9.59 Å². The van der Waals surface area contributed by atoms with Crippen LogP contribution in [0.5, 0.6) is 0 Å². The van der Waals surface area contributed by atoms with Gasteiger partial charge in [-0.1, -0.05) is 20.8 Å². The van der Waals surface area contributed by atoms with Crippen LogP contribution in [0.1, 0.15) is 37.6 Å². The van der Waals surface area contributed by atoms with Crippen LogP contribution >= 0.6 is 0 Å². The second kappa shape index (κ2) is 5.13. The average Bonchev–Trinajstić information content (AvgIpc) is 2.37. The summed E-state index contributed by atoms with van der Waals surface area (Å²) in [6, 6.07) is 7.12. The molecule has 3 heteroatoms. The van der Waals surface area contributed by atoms with Crippen LogP contribution in [0, 0.1) is 5.41 Å². The van der Waals surface area contributed by atoms with Crippen molar-refractivity contribution in [2.75, 3.05) is 11.9 Å². The predicted octanol–water partition coefficient (Wildman–Crippen LogP) is 2.90. The molecule has 3 nitrogen and oxygen atoms in total. The summed E-state index contributed by atoms with van der Waals surface area (Å²) in [7, 11) is 1.68. The van der Waals surface area contributed by atoms with Gasteiger partial charge in [0, 0.05) is 23.7 Å². The van der Waals surface area contributed by atoms with Gasteiger partial charge in [-0.15, -0.1) is 0 Å². The Bertz CT molecular complexity index is 407. The summed E-state index contributed by atoms with van der Waals surface area (Å²) >= 11 is 0. The number of hydrogen-bond acceptors (Lipinski definition) is 2. The van der Waals surface area contributed by atoms with Gasteiger partial charge >= 0.3 is 0 Å². The fourth-order valence-electron chi connectivity index (χ4n) is 1.46. The summed E-state index contributed by atoms with van der Waals surface area (Å²) < 4.78 is 0. The van der Waals surface area contributed by atoms with Crippen molar-refractivity contribution in [2.45, 2.75) is 27.2 Å². The maximum absolute atomic E-state index is 12.2. The topological polar surface area (TPSA) is 37.4 Å². The van der Waals surface area contributed by atoms with Gasteiger partial charge in [-0.2, -0.15) is 0 Å². The van der Waals surface area contributed by atoms with Crippen molar-refractivity contribution >= 4 is 17.9 Å². The SMILES string of the molecule is CCC(C)(C)C(=O)c1ccc(N(C)C=O)cc1. The van der Waals surface area contributed by atoms with Crippen molar-refractivity contribution in [1.82, 2.24) is 0 Å². The van der Waals surface area contributed by atoms with E-state index in [9.17, 15) is 9.59 Å². The minimum Gasteiger partial charge on any atom is -0.318 e. The third kappa shape index (κ3) is 2.93. The summed E-state index contributed by atoms with van der Waals surface area (Å²) in [6.45, 7) is 5.90. The molecule has 0 aliphatic heterocycles. The zero-order valence-corrected chi connectivity index (χ0v) is 10.9. The number of ketones is 1. The standard InChI is InChI=1S/C14H19NO2/c1-5-14(2,3)13(17)11-6-8-12(9-7-11)15(4)10-16/h6-10H,5H2,1-4H3. The average molecular weight is 233 g/mol. The summed E-state index contributed by atoms with van der Waals surface area (Å²) in [5, 5.41) is 0. The minimum absolute atomic E-state index is 0.139. The van der Waals surface area contributed by atoms with Gasteiger partial charge in [0.25, 0.3) is 0 Å². The molecule has 0 aromatic heterocycles. The van der Waals surface area contributed by atoms with Crippen LogP contribution in [0.4, 0.5) is 5.69 Å². The first-order valence-corrected chi connectivity index (χ1v) is 5.75. The van der Waals surface area contributed by atoms with Gasteiger partial charge in [-0.05, 0) is 30.7 Å². The van der Waals surface area contributed by atoms with Gasteiger partial charge in [0.1, 0.15) is 0 Å². The first-order chi connectivity index (χ1) is 7.92. The lowest BCUT2D eigenvalue weighted by molar-refractivity contribution is -0.107. The van der Waals surface area contributed by atoms with Gasteiger partial charge in [0.05, 0.1) is 0 Å². The smallest absolute Gasteiger partial charge is 0.213 e. The van der Waals surface area contributed by atoms with E-state index in [1.807, 2.05) is 20.8 Å². The highest BCUT2D eigenvalue weighted by atomic mass is 16.1. The molecule has 0 aliphatic carbocycles. The lowest BCUT2D eigenvalue weighted by atomic mass is 9.82. The monoisotopic (exact) mass is 233 g/mol. The Kier molecular flexibility index (Phi) is 4.05. The summed E-state index contributed by atoms with van der Waals surface area (Å²) in [5.41, 5.74) is 1.14. The number of carbonyl (C=O) groups is 2. The molecular weight excluding hydrogens is 214 g/mol. The molecule has 1 amide bonds. The third-order valence-corrected chi connectivity index (χ3v) is 3.19. The molecule has 1 aromatic carbocycles. The van der Waals surface area contributed by atoms with Crippen molar-refractivity contribution in [3.8, 4) is 0 Å². The highest BCUT2D eigenvalue weighted by Gasteiger charge is 2.26. The second-order valence-corrected chi connectivity index (χ2v) is 4.83. The molecule has 0 heterocycles. The van der Waals surface area contributed by atoms with Crippen molar-refractivity contribution in [2.24, 2.45) is 5.41 Å². The van der Waals surface area contributed by atoms with Crippen molar-refractivity contribution in [3.05, 3.63) is 29.8 Å². The van der Waals surface area contributed by atoms with Crippen LogP contribution in [0.3, 0.4) is 0 Å². The van der Waals surface area contributed by atoms with Crippen LogP contribution in [0.25, 0.3) is 0 Å². The van der Waals surface area contributed by atoms with E-state index in [1.54, 1.807) is 31.3 Å². The van der Waals surface area contributed by atoms with E-state index in [4.69, 9.17) is 0 Å². The number of benzene rings is 1. The molecule has 0 atom stereocenters. The molecule has 0 unspecified atom stereocenters. The molecule has 0 saturated heterocycles. The molecule has 92 valence electrons. The largest absolute Gasteiger partial charge is 0.318 e. The lowest BCUT2D eigenvalue weighted by Gasteiger charge is -2.21. The summed E-state index contributed by atoms with van der Waals surface area (Å²) in [5.74, 6) is 0.139. The van der Waals surface area contributed by atoms with Gasteiger partial charge in [0.15, 0.2) is 5.78 Å². The molecule has 0 spiro atoms. The van der Waals surface area contributed by atoms with Crippen LogP contribution in [-0.4, -0.2) is 19.2 Å². The quantitative estimate of drug-likeness (QED) is 0.579. The number of rotatable bonds is 5. The Morgan fingerprint density at radius 1 is 1.29 bits per heavy atom. The number of nitrogens with zero attached hydrogens (tertiary/aromatic N) is 1. The molecule has 0 N–H and O–H groups in total. The minimum atomic E-state index is -0.335. The Morgan fingerprint density at radius 3 is 2.24 bits per heavy atom. The first-order valence-electron chi connectivity index (χ1n) is 5.75. The van der Waals surface area contributed by atoms with Crippen LogP contribution in [-0.2, 0) is 4.79 Å². The lowest BCUT2D eigenvalue weighted by Crippen LogP contribution is -2.23. The van der Waals surface area contributed by atoms with Crippen LogP contribution < -0.4 is 4.90 Å². The molecule has 0 aliphatic rings. The maximum atomic E-state index is 12.2. The fraction of sp³-hybridized carbons (Fsp3) is 0.429. The number of Topliss-reactive ketones (excluding diaryl/α,β-unsaturated/α-hetero) is 1. The number of carbonyl (C=O) groups excluding carboxylic acids is 2. The number of hydrogen-bond donors (Lipinski definition) is 0. The van der Waals surface area contributed by atoms with Gasteiger partial charge in [0.2, 0.25) is 6.41 Å². The number of anilines is 1. The van der Waals surface area contributed by atoms with Gasteiger partial charge in [-0.3, -0.25) is 9.59 Å². The maximum Gasteiger partial charge on any atom is 0.213 e. The highest BCUT2D eigenvalue weighted by Crippen LogP contribution is 2.26. The Labute approximate surface area is 102 Å². The molecule has 0 saturated carbocycles. The van der Waals surface area contributed by atoms with E-state index in [-0.39, 0.29) is 11.2 Å². The van der Waals surface area contributed by atoms with Gasteiger partial charge < -0.3 is 4.90 Å². The number of amides is 1. The van der Waals surface area contributed by atoms with E-state index in [0.717, 1.165) is 18.5 Å². The normalized spacial score (nSPS) is 11.1. The van der Waals surface area contributed by atoms with Crippen LogP contribution in [0.15, 0.2) is 24.3 Å². The van der Waals surface area contributed by atoms with Crippen molar-refractivity contribution in [1.29, 1.82) is 0 Å². The molecule has 0 radical (unpaired) electrons. The van der Waals surface area contributed by atoms with E-state index in [0.29, 0.717) is 5.56 Å². The Morgan fingerprint density at radius 2 is 1.82 bits per heavy atom. The Hall–Kier alpha value is -1.64. The van der Waals surface area contributed by atoms with E-state index < -0.39 is 0 Å². The summed E-state index contributed by atoms with van der Waals surface area (Å²) in [6.07, 6.45) is 1.55. The van der Waals surface area contributed by atoms with E-state index in [2.05, 4.69) is 0 Å². The molecule has 17 heavy (non-hydrogen) atoms. The Balaban J connectivity index is 2.95. The molecule has 0 fully saturated rings. The predicted molar refractivity (Wildman–Crippen MR) is 69.3 cm³/mol. The third-order valence-electron chi connectivity index (χ3n) is 3.19. The van der Waals surface area contributed by atoms with E-state index >= 15 is 0 Å². The summed E-state index contributed by atoms with van der Waals surface area (Å²) in [4.78, 5) is 24.2. The van der Waals surface area contributed by atoms with Gasteiger partial charge in [-0.25, -0.2) is 0 Å². The fourth-order valence-corrected chi connectivity index (χ4v) is 1.46. The second-order valence-electron chi connectivity index (χ2n) is 4.83. The molecule has 1 aromatic rings. The molecule has 1 rings (SSSR count). The van der Waals surface area contributed by atoms with Crippen LogP contribution in [0.2, 0.25) is 0 Å². The van der Waals surface area contributed by atoms with E-state index in [1.165, 1.54) is 4.90 Å². The molecular formula is C14H19NO2. The molecule has 0 bridgehead atoms. The zero-order chi connectivity index (χ0) is 13.1. The zero-order valence-electron chi connectivity index (χ0n) is 10.9.